The first-order chi connectivity index (χ1) is 11.7. The Bertz CT molecular complexity index is 670. The molecule has 1 N–H and O–H groups in total. The number of carbonyl (C=O) groups excluding carboxylic acids is 2. The van der Waals surface area contributed by atoms with Crippen molar-refractivity contribution < 1.29 is 19.1 Å². The van der Waals surface area contributed by atoms with Crippen molar-refractivity contribution in [2.75, 3.05) is 18.5 Å². The number of aldehydes is 1. The van der Waals surface area contributed by atoms with Crippen molar-refractivity contribution in [2.24, 2.45) is 0 Å². The van der Waals surface area contributed by atoms with Gasteiger partial charge in [-0.25, -0.2) is 0 Å². The Morgan fingerprint density at radius 3 is 2.58 bits per heavy atom. The van der Waals surface area contributed by atoms with Crippen LogP contribution in [-0.2, 0) is 4.79 Å². The van der Waals surface area contributed by atoms with Gasteiger partial charge in [0.2, 0.25) is 5.91 Å². The molecule has 0 aromatic heterocycles. The number of hydrogen-bond donors (Lipinski definition) is 1. The van der Waals surface area contributed by atoms with Crippen LogP contribution in [-0.4, -0.2) is 25.4 Å². The van der Waals surface area contributed by atoms with Crippen LogP contribution in [0.2, 0.25) is 0 Å². The number of nitrogens with one attached hydrogen (secondary N) is 1. The summed E-state index contributed by atoms with van der Waals surface area (Å²) >= 11 is 0. The number of amides is 1. The van der Waals surface area contributed by atoms with Crippen LogP contribution in [0.4, 0.5) is 5.69 Å². The smallest absolute Gasteiger partial charge is 0.227 e. The number of anilines is 1. The molecule has 0 spiro atoms. The highest BCUT2D eigenvalue weighted by Crippen LogP contribution is 2.25. The van der Waals surface area contributed by atoms with Gasteiger partial charge in [-0.1, -0.05) is 25.1 Å². The highest BCUT2D eigenvalue weighted by Gasteiger charge is 2.09. The highest BCUT2D eigenvalue weighted by molar-refractivity contribution is 5.93. The molecule has 2 aromatic rings. The van der Waals surface area contributed by atoms with Crippen molar-refractivity contribution in [3.05, 3.63) is 54.1 Å². The Labute approximate surface area is 141 Å². The van der Waals surface area contributed by atoms with Crippen LogP contribution in [0.5, 0.6) is 11.5 Å². The number of benzene rings is 2. The minimum absolute atomic E-state index is 0.199. The van der Waals surface area contributed by atoms with Crippen LogP contribution in [0.1, 0.15) is 30.1 Å². The molecule has 2 rings (SSSR count). The molecule has 2 aromatic carbocycles. The van der Waals surface area contributed by atoms with Crippen LogP contribution in [0, 0.1) is 0 Å². The third-order valence-corrected chi connectivity index (χ3v) is 3.22. The van der Waals surface area contributed by atoms with Crippen molar-refractivity contribution in [3.8, 4) is 11.5 Å². The molecule has 0 fully saturated rings. The van der Waals surface area contributed by atoms with Gasteiger partial charge in [0.15, 0.2) is 0 Å². The van der Waals surface area contributed by atoms with Crippen molar-refractivity contribution in [1.82, 2.24) is 0 Å². The summed E-state index contributed by atoms with van der Waals surface area (Å²) in [6, 6.07) is 14.3. The normalized spacial score (nSPS) is 10.0. The molecule has 0 saturated carbocycles. The van der Waals surface area contributed by atoms with Gasteiger partial charge in [0.25, 0.3) is 0 Å². The third-order valence-electron chi connectivity index (χ3n) is 3.22. The molecule has 0 aliphatic carbocycles. The molecule has 0 bridgehead atoms. The first-order valence-electron chi connectivity index (χ1n) is 7.92. The highest BCUT2D eigenvalue weighted by atomic mass is 16.5. The summed E-state index contributed by atoms with van der Waals surface area (Å²) in [4.78, 5) is 23.0. The Balaban J connectivity index is 1.92. The maximum absolute atomic E-state index is 12.1. The van der Waals surface area contributed by atoms with Crippen LogP contribution in [0.15, 0.2) is 48.5 Å². The van der Waals surface area contributed by atoms with Gasteiger partial charge in [0.1, 0.15) is 17.8 Å². The lowest BCUT2D eigenvalue weighted by atomic mass is 10.2. The molecule has 0 radical (unpaired) electrons. The number of hydrogen-bond acceptors (Lipinski definition) is 4. The Morgan fingerprint density at radius 2 is 1.88 bits per heavy atom. The van der Waals surface area contributed by atoms with E-state index in [0.717, 1.165) is 18.5 Å². The second-order valence-electron chi connectivity index (χ2n) is 5.18. The van der Waals surface area contributed by atoms with E-state index in [1.807, 2.05) is 37.3 Å². The van der Waals surface area contributed by atoms with E-state index in [4.69, 9.17) is 9.47 Å². The molecule has 1 amide bonds. The first-order valence-corrected chi connectivity index (χ1v) is 7.92. The standard InChI is InChI=1S/C19H21NO4/c1-2-11-24-18-9-8-15(14-21)13-17(18)20-19(22)10-12-23-16-6-4-3-5-7-16/h3-9,13-14H,2,10-12H2,1H3,(H,20,22). The number of rotatable bonds is 9. The summed E-state index contributed by atoms with van der Waals surface area (Å²) in [6.45, 7) is 2.81. The molecule has 0 atom stereocenters. The molecule has 0 unspecified atom stereocenters. The quantitative estimate of drug-likeness (QED) is 0.713. The van der Waals surface area contributed by atoms with Crippen molar-refractivity contribution in [3.63, 3.8) is 0 Å². The Hall–Kier alpha value is -2.82. The van der Waals surface area contributed by atoms with E-state index >= 15 is 0 Å². The van der Waals surface area contributed by atoms with Crippen LogP contribution < -0.4 is 14.8 Å². The lowest BCUT2D eigenvalue weighted by Crippen LogP contribution is -2.16. The van der Waals surface area contributed by atoms with E-state index in [2.05, 4.69) is 5.32 Å². The average molecular weight is 327 g/mol. The largest absolute Gasteiger partial charge is 0.493 e. The van der Waals surface area contributed by atoms with E-state index in [1.165, 1.54) is 0 Å². The van der Waals surface area contributed by atoms with Gasteiger partial charge in [-0.2, -0.15) is 0 Å². The molecular formula is C19H21NO4. The summed E-state index contributed by atoms with van der Waals surface area (Å²) in [5.41, 5.74) is 0.979. The lowest BCUT2D eigenvalue weighted by molar-refractivity contribution is -0.116. The minimum atomic E-state index is -0.199. The molecule has 24 heavy (non-hydrogen) atoms. The van der Waals surface area contributed by atoms with Gasteiger partial charge >= 0.3 is 0 Å². The summed E-state index contributed by atoms with van der Waals surface area (Å²) in [7, 11) is 0. The number of para-hydroxylation sites is 1. The van der Waals surface area contributed by atoms with E-state index in [9.17, 15) is 9.59 Å². The Kier molecular flexibility index (Phi) is 6.83. The summed E-state index contributed by atoms with van der Waals surface area (Å²) < 4.78 is 11.1. The van der Waals surface area contributed by atoms with Gasteiger partial charge in [0, 0.05) is 5.56 Å². The zero-order chi connectivity index (χ0) is 17.2. The minimum Gasteiger partial charge on any atom is -0.493 e. The fourth-order valence-electron chi connectivity index (χ4n) is 2.05. The van der Waals surface area contributed by atoms with E-state index in [-0.39, 0.29) is 18.9 Å². The summed E-state index contributed by atoms with van der Waals surface area (Å²) in [6.07, 6.45) is 1.79. The van der Waals surface area contributed by atoms with Crippen molar-refractivity contribution in [2.45, 2.75) is 19.8 Å². The van der Waals surface area contributed by atoms with Crippen LogP contribution in [0.3, 0.4) is 0 Å². The van der Waals surface area contributed by atoms with Crippen molar-refractivity contribution in [1.29, 1.82) is 0 Å². The van der Waals surface area contributed by atoms with Gasteiger partial charge in [-0.15, -0.1) is 0 Å². The molecule has 0 heterocycles. The zero-order valence-electron chi connectivity index (χ0n) is 13.7. The predicted molar refractivity (Wildman–Crippen MR) is 92.8 cm³/mol. The molecule has 0 aliphatic rings. The molecule has 0 saturated heterocycles. The monoisotopic (exact) mass is 327 g/mol. The van der Waals surface area contributed by atoms with Gasteiger partial charge in [-0.05, 0) is 36.8 Å². The number of carbonyl (C=O) groups is 2. The third kappa shape index (κ3) is 5.43. The topological polar surface area (TPSA) is 64.6 Å². The van der Waals surface area contributed by atoms with E-state index < -0.39 is 0 Å². The van der Waals surface area contributed by atoms with Crippen LogP contribution in [0.25, 0.3) is 0 Å². The van der Waals surface area contributed by atoms with Gasteiger partial charge in [0.05, 0.1) is 25.3 Å². The molecule has 0 aliphatic heterocycles. The van der Waals surface area contributed by atoms with E-state index in [1.54, 1.807) is 18.2 Å². The maximum Gasteiger partial charge on any atom is 0.227 e. The predicted octanol–water partition coefficient (Wildman–Crippen LogP) is 3.70. The lowest BCUT2D eigenvalue weighted by Gasteiger charge is -2.13. The van der Waals surface area contributed by atoms with Gasteiger partial charge < -0.3 is 14.8 Å². The average Bonchev–Trinajstić information content (AvgIpc) is 2.61. The SMILES string of the molecule is CCCOc1ccc(C=O)cc1NC(=O)CCOc1ccccc1. The molecule has 5 heteroatoms. The fourth-order valence-corrected chi connectivity index (χ4v) is 2.05. The first kappa shape index (κ1) is 17.5. The summed E-state index contributed by atoms with van der Waals surface area (Å²) in [5, 5.41) is 2.78. The fraction of sp³-hybridized carbons (Fsp3) is 0.263. The Morgan fingerprint density at radius 1 is 1.08 bits per heavy atom. The molecular weight excluding hydrogens is 306 g/mol. The molecule has 5 nitrogen and oxygen atoms in total. The molecule has 126 valence electrons. The number of ether oxygens (including phenoxy) is 2. The second kappa shape index (κ2) is 9.35. The van der Waals surface area contributed by atoms with Crippen LogP contribution >= 0.6 is 0 Å². The van der Waals surface area contributed by atoms with E-state index in [0.29, 0.717) is 23.6 Å². The summed E-state index contributed by atoms with van der Waals surface area (Å²) in [5.74, 6) is 1.08. The van der Waals surface area contributed by atoms with Crippen molar-refractivity contribution >= 4 is 17.9 Å². The zero-order valence-corrected chi connectivity index (χ0v) is 13.7. The van der Waals surface area contributed by atoms with Gasteiger partial charge in [-0.3, -0.25) is 9.59 Å². The maximum atomic E-state index is 12.1. The second-order valence-corrected chi connectivity index (χ2v) is 5.18.